The fraction of sp³-hybridized carbons (Fsp3) is 0.294. The highest BCUT2D eigenvalue weighted by molar-refractivity contribution is 5.95. The lowest BCUT2D eigenvalue weighted by Gasteiger charge is -2.35. The molecule has 0 N–H and O–H groups in total. The molecule has 2 aromatic heterocycles. The lowest BCUT2D eigenvalue weighted by molar-refractivity contribution is 0.0736. The topological polar surface area (TPSA) is 75.4 Å². The maximum Gasteiger partial charge on any atom is 0.263 e. The normalized spacial score (nSPS) is 14.9. The lowest BCUT2D eigenvalue weighted by atomic mass is 10.1. The number of rotatable bonds is 2. The number of piperazine rings is 1. The zero-order valence-corrected chi connectivity index (χ0v) is 13.9. The third kappa shape index (κ3) is 2.65. The van der Waals surface area contributed by atoms with Crippen LogP contribution in [0.15, 0.2) is 29.0 Å². The maximum absolute atomic E-state index is 13.8. The maximum atomic E-state index is 13.8. The van der Waals surface area contributed by atoms with Gasteiger partial charge in [-0.25, -0.2) is 13.8 Å². The monoisotopic (exact) mass is 359 g/mol. The van der Waals surface area contributed by atoms with Crippen LogP contribution < -0.4 is 4.90 Å². The molecule has 0 saturated carbocycles. The highest BCUT2D eigenvalue weighted by Crippen LogP contribution is 2.27. The van der Waals surface area contributed by atoms with Gasteiger partial charge in [-0.05, 0) is 19.1 Å². The number of aromatic nitrogens is 3. The third-order valence-electron chi connectivity index (χ3n) is 4.47. The van der Waals surface area contributed by atoms with E-state index >= 15 is 0 Å². The molecule has 1 amide bonds. The van der Waals surface area contributed by atoms with E-state index in [4.69, 9.17) is 4.52 Å². The second-order valence-corrected chi connectivity index (χ2v) is 6.02. The molecule has 0 spiro atoms. The first-order valence-corrected chi connectivity index (χ1v) is 8.11. The van der Waals surface area contributed by atoms with Crippen molar-refractivity contribution in [3.63, 3.8) is 0 Å². The van der Waals surface area contributed by atoms with E-state index in [1.165, 1.54) is 17.3 Å². The number of hydrogen-bond acceptors (Lipinski definition) is 6. The number of benzene rings is 1. The fourth-order valence-corrected chi connectivity index (χ4v) is 3.13. The SMILES string of the molecule is Cc1noc2ncnc(N3CCN(C(=O)c4c(F)cccc4F)CC3)c12. The molecule has 134 valence electrons. The minimum Gasteiger partial charge on any atom is -0.352 e. The van der Waals surface area contributed by atoms with Crippen molar-refractivity contribution in [1.29, 1.82) is 0 Å². The van der Waals surface area contributed by atoms with Gasteiger partial charge in [-0.1, -0.05) is 11.2 Å². The quantitative estimate of drug-likeness (QED) is 0.698. The number of halogens is 2. The van der Waals surface area contributed by atoms with E-state index in [-0.39, 0.29) is 0 Å². The molecule has 3 heterocycles. The van der Waals surface area contributed by atoms with Gasteiger partial charge in [0.2, 0.25) is 0 Å². The van der Waals surface area contributed by atoms with E-state index in [9.17, 15) is 13.6 Å². The van der Waals surface area contributed by atoms with Crippen molar-refractivity contribution >= 4 is 22.8 Å². The van der Waals surface area contributed by atoms with Crippen molar-refractivity contribution in [1.82, 2.24) is 20.0 Å². The molecule has 1 saturated heterocycles. The Morgan fingerprint density at radius 1 is 1.12 bits per heavy atom. The van der Waals surface area contributed by atoms with Gasteiger partial charge in [0.25, 0.3) is 11.6 Å². The number of fused-ring (bicyclic) bond motifs is 1. The highest BCUT2D eigenvalue weighted by Gasteiger charge is 2.28. The molecule has 0 aliphatic carbocycles. The Morgan fingerprint density at radius 3 is 2.50 bits per heavy atom. The molecule has 0 atom stereocenters. The van der Waals surface area contributed by atoms with E-state index in [0.29, 0.717) is 43.4 Å². The third-order valence-corrected chi connectivity index (χ3v) is 4.47. The zero-order chi connectivity index (χ0) is 18.3. The van der Waals surface area contributed by atoms with Crippen molar-refractivity contribution < 1.29 is 18.1 Å². The summed E-state index contributed by atoms with van der Waals surface area (Å²) in [6.07, 6.45) is 1.40. The smallest absolute Gasteiger partial charge is 0.263 e. The Balaban J connectivity index is 1.54. The molecule has 4 rings (SSSR count). The minimum atomic E-state index is -0.852. The van der Waals surface area contributed by atoms with Crippen LogP contribution in [-0.4, -0.2) is 52.1 Å². The van der Waals surface area contributed by atoms with Crippen LogP contribution >= 0.6 is 0 Å². The standard InChI is InChI=1S/C17H15F2N5O2/c1-10-13-15(20-9-21-16(13)26-22-10)23-5-7-24(8-6-23)17(25)14-11(18)3-2-4-12(14)19/h2-4,9H,5-8H2,1H3. The molecule has 1 aliphatic heterocycles. The number of amides is 1. The fourth-order valence-electron chi connectivity index (χ4n) is 3.13. The van der Waals surface area contributed by atoms with Crippen LogP contribution in [0.1, 0.15) is 16.1 Å². The first-order valence-electron chi connectivity index (χ1n) is 8.11. The van der Waals surface area contributed by atoms with Crippen LogP contribution in [0, 0.1) is 18.6 Å². The predicted octanol–water partition coefficient (Wildman–Crippen LogP) is 2.17. The number of aryl methyl sites for hydroxylation is 1. The summed E-state index contributed by atoms with van der Waals surface area (Å²) < 4.78 is 32.8. The van der Waals surface area contributed by atoms with Gasteiger partial charge in [0.1, 0.15) is 34.7 Å². The van der Waals surface area contributed by atoms with Gasteiger partial charge < -0.3 is 14.3 Å². The summed E-state index contributed by atoms with van der Waals surface area (Å²) in [6, 6.07) is 3.40. The molecule has 0 unspecified atom stereocenters. The van der Waals surface area contributed by atoms with Gasteiger partial charge >= 0.3 is 0 Å². The largest absolute Gasteiger partial charge is 0.352 e. The molecule has 1 aromatic carbocycles. The molecule has 0 radical (unpaired) electrons. The predicted molar refractivity (Wildman–Crippen MR) is 88.8 cm³/mol. The van der Waals surface area contributed by atoms with Gasteiger partial charge in [0.15, 0.2) is 0 Å². The van der Waals surface area contributed by atoms with Crippen molar-refractivity contribution in [2.45, 2.75) is 6.92 Å². The minimum absolute atomic E-state index is 0.322. The number of anilines is 1. The summed E-state index contributed by atoms with van der Waals surface area (Å²) in [6.45, 7) is 3.39. The summed E-state index contributed by atoms with van der Waals surface area (Å²) in [4.78, 5) is 24.3. The zero-order valence-electron chi connectivity index (χ0n) is 13.9. The summed E-state index contributed by atoms with van der Waals surface area (Å²) >= 11 is 0. The Labute approximate surface area is 147 Å². The average molecular weight is 359 g/mol. The molecular formula is C17H15F2N5O2. The van der Waals surface area contributed by atoms with E-state index in [1.807, 2.05) is 4.90 Å². The van der Waals surface area contributed by atoms with Crippen LogP contribution in [0.4, 0.5) is 14.6 Å². The number of hydrogen-bond donors (Lipinski definition) is 0. The number of carbonyl (C=O) groups excluding carboxylic acids is 1. The molecule has 26 heavy (non-hydrogen) atoms. The van der Waals surface area contributed by atoms with Crippen LogP contribution in [-0.2, 0) is 0 Å². The molecule has 7 nitrogen and oxygen atoms in total. The Hall–Kier alpha value is -3.10. The van der Waals surface area contributed by atoms with Crippen molar-refractivity contribution in [3.05, 3.63) is 47.4 Å². The molecule has 9 heteroatoms. The Bertz CT molecular complexity index is 962. The van der Waals surface area contributed by atoms with Crippen molar-refractivity contribution in [2.24, 2.45) is 0 Å². The molecule has 3 aromatic rings. The van der Waals surface area contributed by atoms with Crippen molar-refractivity contribution in [3.8, 4) is 0 Å². The molecule has 0 bridgehead atoms. The summed E-state index contributed by atoms with van der Waals surface area (Å²) in [5.74, 6) is -1.67. The van der Waals surface area contributed by atoms with Crippen LogP contribution in [0.3, 0.4) is 0 Å². The number of carbonyl (C=O) groups is 1. The van der Waals surface area contributed by atoms with Gasteiger partial charge in [0.05, 0.1) is 5.69 Å². The van der Waals surface area contributed by atoms with Gasteiger partial charge in [-0.3, -0.25) is 4.79 Å². The molecule has 1 aliphatic rings. The second kappa shape index (κ2) is 6.32. The van der Waals surface area contributed by atoms with E-state index in [1.54, 1.807) is 6.92 Å². The highest BCUT2D eigenvalue weighted by atomic mass is 19.1. The average Bonchev–Trinajstić information content (AvgIpc) is 3.03. The first kappa shape index (κ1) is 16.4. The van der Waals surface area contributed by atoms with Gasteiger partial charge in [0, 0.05) is 26.2 Å². The first-order chi connectivity index (χ1) is 12.6. The number of nitrogens with zero attached hydrogens (tertiary/aromatic N) is 5. The summed E-state index contributed by atoms with van der Waals surface area (Å²) in [5, 5.41) is 4.63. The summed E-state index contributed by atoms with van der Waals surface area (Å²) in [7, 11) is 0. The van der Waals surface area contributed by atoms with Gasteiger partial charge in [-0.15, -0.1) is 0 Å². The van der Waals surface area contributed by atoms with E-state index < -0.39 is 23.1 Å². The van der Waals surface area contributed by atoms with Crippen LogP contribution in [0.25, 0.3) is 11.1 Å². The van der Waals surface area contributed by atoms with E-state index in [2.05, 4.69) is 15.1 Å². The Kier molecular flexibility index (Phi) is 3.98. The van der Waals surface area contributed by atoms with Crippen LogP contribution in [0.5, 0.6) is 0 Å². The second-order valence-electron chi connectivity index (χ2n) is 6.02. The molecular weight excluding hydrogens is 344 g/mol. The lowest BCUT2D eigenvalue weighted by Crippen LogP contribution is -2.49. The van der Waals surface area contributed by atoms with E-state index in [0.717, 1.165) is 17.5 Å². The van der Waals surface area contributed by atoms with Crippen LogP contribution in [0.2, 0.25) is 0 Å². The van der Waals surface area contributed by atoms with Crippen molar-refractivity contribution in [2.75, 3.05) is 31.1 Å². The molecule has 1 fully saturated rings. The Morgan fingerprint density at radius 2 is 1.81 bits per heavy atom. The summed E-state index contributed by atoms with van der Waals surface area (Å²) in [5.41, 5.74) is 0.572. The van der Waals surface area contributed by atoms with Gasteiger partial charge in [-0.2, -0.15) is 4.98 Å².